The minimum absolute atomic E-state index is 0.326. The van der Waals surface area contributed by atoms with Crippen LogP contribution in [0.4, 0.5) is 0 Å². The summed E-state index contributed by atoms with van der Waals surface area (Å²) in [5.41, 5.74) is 3.64. The Morgan fingerprint density at radius 1 is 1.16 bits per heavy atom. The standard InChI is InChI=1S/C19H20N2O4/c1-4-12-25-16-10-8-14(9-11-16)19(22)21-20-13-15-6-5-7-17(23-2)18(15)24-3/h4-11,13H,1,12H2,2-3H3,(H,21,22)/b20-13-. The van der Waals surface area contributed by atoms with Crippen molar-refractivity contribution in [3.05, 3.63) is 66.2 Å². The van der Waals surface area contributed by atoms with Gasteiger partial charge in [0.25, 0.3) is 5.91 Å². The molecule has 0 unspecified atom stereocenters. The Hall–Kier alpha value is -3.28. The van der Waals surface area contributed by atoms with Crippen LogP contribution >= 0.6 is 0 Å². The average Bonchev–Trinajstić information content (AvgIpc) is 2.66. The van der Waals surface area contributed by atoms with E-state index in [0.29, 0.717) is 35.0 Å². The predicted octanol–water partition coefficient (Wildman–Crippen LogP) is 3.03. The summed E-state index contributed by atoms with van der Waals surface area (Å²) in [6, 6.07) is 12.2. The van der Waals surface area contributed by atoms with Crippen molar-refractivity contribution in [1.82, 2.24) is 5.43 Å². The van der Waals surface area contributed by atoms with Crippen LogP contribution in [0.1, 0.15) is 15.9 Å². The van der Waals surface area contributed by atoms with Crippen molar-refractivity contribution in [1.29, 1.82) is 0 Å². The fraction of sp³-hybridized carbons (Fsp3) is 0.158. The van der Waals surface area contributed by atoms with Crippen LogP contribution in [0.5, 0.6) is 17.2 Å². The number of nitrogens with zero attached hydrogens (tertiary/aromatic N) is 1. The predicted molar refractivity (Wildman–Crippen MR) is 96.7 cm³/mol. The third kappa shape index (κ3) is 4.84. The monoisotopic (exact) mass is 340 g/mol. The molecule has 0 heterocycles. The van der Waals surface area contributed by atoms with E-state index in [4.69, 9.17) is 14.2 Å². The van der Waals surface area contributed by atoms with Gasteiger partial charge in [-0.1, -0.05) is 18.7 Å². The zero-order valence-corrected chi connectivity index (χ0v) is 14.2. The van der Waals surface area contributed by atoms with Gasteiger partial charge in [-0.2, -0.15) is 5.10 Å². The molecule has 1 amide bonds. The molecule has 0 aliphatic heterocycles. The van der Waals surface area contributed by atoms with Gasteiger partial charge < -0.3 is 14.2 Å². The van der Waals surface area contributed by atoms with E-state index in [1.807, 2.05) is 12.1 Å². The second-order valence-electron chi connectivity index (χ2n) is 4.91. The molecule has 2 rings (SSSR count). The van der Waals surface area contributed by atoms with E-state index in [1.54, 1.807) is 50.6 Å². The first-order valence-corrected chi connectivity index (χ1v) is 7.57. The molecule has 6 nitrogen and oxygen atoms in total. The van der Waals surface area contributed by atoms with E-state index < -0.39 is 0 Å². The number of hydrazone groups is 1. The van der Waals surface area contributed by atoms with Crippen LogP contribution in [-0.2, 0) is 0 Å². The summed E-state index contributed by atoms with van der Waals surface area (Å²) in [5, 5.41) is 3.97. The van der Waals surface area contributed by atoms with E-state index in [0.717, 1.165) is 0 Å². The van der Waals surface area contributed by atoms with Crippen LogP contribution in [0, 0.1) is 0 Å². The fourth-order valence-electron chi connectivity index (χ4n) is 2.10. The maximum atomic E-state index is 12.1. The number of benzene rings is 2. The molecule has 0 atom stereocenters. The van der Waals surface area contributed by atoms with Crippen molar-refractivity contribution in [2.45, 2.75) is 0 Å². The summed E-state index contributed by atoms with van der Waals surface area (Å²) >= 11 is 0. The van der Waals surface area contributed by atoms with Gasteiger partial charge in [0.05, 0.1) is 20.4 Å². The molecule has 25 heavy (non-hydrogen) atoms. The number of methoxy groups -OCH3 is 2. The van der Waals surface area contributed by atoms with Crippen LogP contribution in [0.3, 0.4) is 0 Å². The number of hydrogen-bond donors (Lipinski definition) is 1. The number of para-hydroxylation sites is 1. The van der Waals surface area contributed by atoms with Crippen molar-refractivity contribution in [2.75, 3.05) is 20.8 Å². The minimum atomic E-state index is -0.326. The number of nitrogens with one attached hydrogen (secondary N) is 1. The SMILES string of the molecule is C=CCOc1ccc(C(=O)N/N=C\c2cccc(OC)c2OC)cc1. The van der Waals surface area contributed by atoms with Gasteiger partial charge in [-0.15, -0.1) is 0 Å². The first-order valence-electron chi connectivity index (χ1n) is 7.57. The zero-order valence-electron chi connectivity index (χ0n) is 14.2. The van der Waals surface area contributed by atoms with Gasteiger partial charge in [-0.05, 0) is 36.4 Å². The Bertz CT molecular complexity index is 755. The summed E-state index contributed by atoms with van der Waals surface area (Å²) in [4.78, 5) is 12.1. The molecule has 0 spiro atoms. The highest BCUT2D eigenvalue weighted by atomic mass is 16.5. The van der Waals surface area contributed by atoms with Gasteiger partial charge in [0.15, 0.2) is 11.5 Å². The molecule has 0 aliphatic carbocycles. The quantitative estimate of drug-likeness (QED) is 0.456. The van der Waals surface area contributed by atoms with Crippen LogP contribution in [0.15, 0.2) is 60.2 Å². The van der Waals surface area contributed by atoms with E-state index >= 15 is 0 Å². The van der Waals surface area contributed by atoms with Gasteiger partial charge in [0.2, 0.25) is 0 Å². The highest BCUT2D eigenvalue weighted by molar-refractivity contribution is 5.95. The Labute approximate surface area is 146 Å². The molecule has 0 aromatic heterocycles. The van der Waals surface area contributed by atoms with Crippen molar-refractivity contribution in [3.8, 4) is 17.2 Å². The third-order valence-corrected chi connectivity index (χ3v) is 3.29. The largest absolute Gasteiger partial charge is 0.493 e. The van der Waals surface area contributed by atoms with E-state index in [9.17, 15) is 4.79 Å². The Balaban J connectivity index is 2.02. The lowest BCUT2D eigenvalue weighted by Gasteiger charge is -2.09. The molecule has 0 bridgehead atoms. The molecule has 1 N–H and O–H groups in total. The molecule has 2 aromatic carbocycles. The summed E-state index contributed by atoms with van der Waals surface area (Å²) < 4.78 is 15.9. The van der Waals surface area contributed by atoms with E-state index in [2.05, 4.69) is 17.1 Å². The van der Waals surface area contributed by atoms with Crippen LogP contribution < -0.4 is 19.6 Å². The maximum Gasteiger partial charge on any atom is 0.271 e. The van der Waals surface area contributed by atoms with Crippen LogP contribution in [-0.4, -0.2) is 32.9 Å². The summed E-state index contributed by atoms with van der Waals surface area (Å²) in [6.45, 7) is 4.00. The molecule has 0 saturated heterocycles. The molecule has 130 valence electrons. The number of carbonyl (C=O) groups excluding carboxylic acids is 1. The Kier molecular flexibility index (Phi) is 6.59. The van der Waals surface area contributed by atoms with Crippen LogP contribution in [0.25, 0.3) is 0 Å². The fourth-order valence-corrected chi connectivity index (χ4v) is 2.10. The molecule has 0 radical (unpaired) electrons. The zero-order chi connectivity index (χ0) is 18.1. The molecule has 0 aliphatic rings. The maximum absolute atomic E-state index is 12.1. The topological polar surface area (TPSA) is 69.2 Å². The summed E-state index contributed by atoms with van der Waals surface area (Å²) in [6.07, 6.45) is 3.16. The number of ether oxygens (including phenoxy) is 3. The van der Waals surface area contributed by atoms with E-state index in [1.165, 1.54) is 6.21 Å². The van der Waals surface area contributed by atoms with Crippen LogP contribution in [0.2, 0.25) is 0 Å². The number of rotatable bonds is 8. The van der Waals surface area contributed by atoms with Gasteiger partial charge in [0.1, 0.15) is 12.4 Å². The van der Waals surface area contributed by atoms with E-state index in [-0.39, 0.29) is 5.91 Å². The molecule has 0 fully saturated rings. The number of carbonyl (C=O) groups is 1. The van der Waals surface area contributed by atoms with Gasteiger partial charge >= 0.3 is 0 Å². The van der Waals surface area contributed by atoms with Gasteiger partial charge in [-0.3, -0.25) is 4.79 Å². The lowest BCUT2D eigenvalue weighted by atomic mass is 10.2. The molecule has 2 aromatic rings. The molecular weight excluding hydrogens is 320 g/mol. The average molecular weight is 340 g/mol. The smallest absolute Gasteiger partial charge is 0.271 e. The second-order valence-corrected chi connectivity index (χ2v) is 4.91. The van der Waals surface area contributed by atoms with Crippen molar-refractivity contribution >= 4 is 12.1 Å². The first-order chi connectivity index (χ1) is 12.2. The molecule has 0 saturated carbocycles. The number of amides is 1. The van der Waals surface area contributed by atoms with Crippen molar-refractivity contribution in [2.24, 2.45) is 5.10 Å². The van der Waals surface area contributed by atoms with Gasteiger partial charge in [-0.25, -0.2) is 5.43 Å². The molecular formula is C19H20N2O4. The lowest BCUT2D eigenvalue weighted by Crippen LogP contribution is -2.17. The van der Waals surface area contributed by atoms with Crippen molar-refractivity contribution < 1.29 is 19.0 Å². The summed E-state index contributed by atoms with van der Waals surface area (Å²) in [7, 11) is 3.10. The highest BCUT2D eigenvalue weighted by Crippen LogP contribution is 2.29. The van der Waals surface area contributed by atoms with Gasteiger partial charge in [0, 0.05) is 11.1 Å². The first kappa shape index (κ1) is 18.1. The normalized spacial score (nSPS) is 10.3. The lowest BCUT2D eigenvalue weighted by molar-refractivity contribution is 0.0955. The number of hydrogen-bond acceptors (Lipinski definition) is 5. The highest BCUT2D eigenvalue weighted by Gasteiger charge is 2.08. The second kappa shape index (κ2) is 9.12. The Morgan fingerprint density at radius 3 is 2.56 bits per heavy atom. The third-order valence-electron chi connectivity index (χ3n) is 3.29. The van der Waals surface area contributed by atoms with Crippen molar-refractivity contribution in [3.63, 3.8) is 0 Å². The minimum Gasteiger partial charge on any atom is -0.493 e. The summed E-state index contributed by atoms with van der Waals surface area (Å²) in [5.74, 6) is 1.48. The Morgan fingerprint density at radius 2 is 1.92 bits per heavy atom. The molecule has 6 heteroatoms.